The molecule has 0 saturated carbocycles. The van der Waals surface area contributed by atoms with Gasteiger partial charge in [-0.05, 0) is 5.92 Å². The maximum Gasteiger partial charge on any atom is 0.328 e. The monoisotopic (exact) mass is 199 g/mol. The van der Waals surface area contributed by atoms with Crippen molar-refractivity contribution < 1.29 is 14.6 Å². The highest BCUT2D eigenvalue weighted by atomic mass is 16.5. The van der Waals surface area contributed by atoms with Gasteiger partial charge in [0.25, 0.3) is 0 Å². The summed E-state index contributed by atoms with van der Waals surface area (Å²) in [6.07, 6.45) is 2.87. The average Bonchev–Trinajstić information content (AvgIpc) is 2.29. The van der Waals surface area contributed by atoms with Crippen molar-refractivity contribution in [3.8, 4) is 0 Å². The fourth-order valence-electron chi connectivity index (χ4n) is 1.53. The predicted molar refractivity (Wildman–Crippen MR) is 53.2 cm³/mol. The number of carboxylic acid groups (broad SMARTS) is 1. The molecule has 1 aliphatic heterocycles. The van der Waals surface area contributed by atoms with Crippen molar-refractivity contribution in [2.45, 2.75) is 6.92 Å². The smallest absolute Gasteiger partial charge is 0.328 e. The zero-order valence-electron chi connectivity index (χ0n) is 8.48. The van der Waals surface area contributed by atoms with Gasteiger partial charge in [-0.2, -0.15) is 0 Å². The van der Waals surface area contributed by atoms with E-state index in [1.165, 1.54) is 6.08 Å². The summed E-state index contributed by atoms with van der Waals surface area (Å²) >= 11 is 0. The summed E-state index contributed by atoms with van der Waals surface area (Å²) in [7, 11) is 0. The predicted octanol–water partition coefficient (Wildman–Crippen LogP) is 0.595. The fraction of sp³-hybridized carbons (Fsp3) is 0.700. The number of nitrogens with zero attached hydrogens (tertiary/aromatic N) is 1. The molecule has 4 nitrogen and oxygen atoms in total. The van der Waals surface area contributed by atoms with E-state index in [2.05, 4.69) is 11.8 Å². The van der Waals surface area contributed by atoms with Gasteiger partial charge in [0.15, 0.2) is 0 Å². The first-order chi connectivity index (χ1) is 6.68. The molecule has 1 aliphatic rings. The third-order valence-electron chi connectivity index (χ3n) is 2.15. The molecular weight excluding hydrogens is 182 g/mol. The summed E-state index contributed by atoms with van der Waals surface area (Å²) < 4.78 is 5.38. The Morgan fingerprint density at radius 3 is 3.21 bits per heavy atom. The molecule has 1 saturated heterocycles. The van der Waals surface area contributed by atoms with Crippen molar-refractivity contribution in [2.75, 3.05) is 32.8 Å². The molecule has 0 aromatic heterocycles. The van der Waals surface area contributed by atoms with E-state index in [0.717, 1.165) is 26.3 Å². The van der Waals surface area contributed by atoms with E-state index in [4.69, 9.17) is 9.84 Å². The second-order valence-electron chi connectivity index (χ2n) is 3.68. The molecule has 0 bridgehead atoms. The van der Waals surface area contributed by atoms with E-state index in [9.17, 15) is 4.79 Å². The average molecular weight is 199 g/mol. The molecule has 1 N–H and O–H groups in total. The highest BCUT2D eigenvalue weighted by Gasteiger charge is 2.13. The molecule has 14 heavy (non-hydrogen) atoms. The van der Waals surface area contributed by atoms with Gasteiger partial charge in [-0.3, -0.25) is 4.90 Å². The van der Waals surface area contributed by atoms with Crippen LogP contribution in [0.1, 0.15) is 6.92 Å². The van der Waals surface area contributed by atoms with Gasteiger partial charge in [-0.1, -0.05) is 13.0 Å². The lowest BCUT2D eigenvalue weighted by Gasteiger charge is -2.18. The van der Waals surface area contributed by atoms with E-state index in [1.54, 1.807) is 6.08 Å². The van der Waals surface area contributed by atoms with E-state index in [-0.39, 0.29) is 0 Å². The Morgan fingerprint density at radius 2 is 2.50 bits per heavy atom. The summed E-state index contributed by atoms with van der Waals surface area (Å²) in [6.45, 7) is 6.24. The second-order valence-corrected chi connectivity index (χ2v) is 3.68. The Kier molecular flexibility index (Phi) is 4.62. The van der Waals surface area contributed by atoms with Crippen LogP contribution in [0.4, 0.5) is 0 Å². The van der Waals surface area contributed by atoms with Crippen LogP contribution in [-0.4, -0.2) is 48.8 Å². The number of hydrogen-bond acceptors (Lipinski definition) is 3. The molecule has 0 amide bonds. The van der Waals surface area contributed by atoms with Gasteiger partial charge >= 0.3 is 5.97 Å². The summed E-state index contributed by atoms with van der Waals surface area (Å²) in [5.41, 5.74) is 0. The molecule has 0 radical (unpaired) electrons. The van der Waals surface area contributed by atoms with Crippen molar-refractivity contribution in [3.63, 3.8) is 0 Å². The summed E-state index contributed by atoms with van der Waals surface area (Å²) in [5, 5.41) is 8.42. The van der Waals surface area contributed by atoms with Gasteiger partial charge in [-0.25, -0.2) is 4.79 Å². The molecule has 80 valence electrons. The molecular formula is C10H17NO3. The zero-order valence-corrected chi connectivity index (χ0v) is 8.48. The quantitative estimate of drug-likeness (QED) is 0.676. The zero-order chi connectivity index (χ0) is 10.4. The Hall–Kier alpha value is -0.870. The summed E-state index contributed by atoms with van der Waals surface area (Å²) in [4.78, 5) is 12.4. The summed E-state index contributed by atoms with van der Waals surface area (Å²) in [6, 6.07) is 0. The molecule has 1 heterocycles. The van der Waals surface area contributed by atoms with Gasteiger partial charge in [0.05, 0.1) is 13.2 Å². The van der Waals surface area contributed by atoms with Gasteiger partial charge in [0.2, 0.25) is 0 Å². The van der Waals surface area contributed by atoms with Gasteiger partial charge < -0.3 is 9.84 Å². The van der Waals surface area contributed by atoms with Gasteiger partial charge in [-0.15, -0.1) is 0 Å². The Bertz CT molecular complexity index is 215. The molecule has 4 heteroatoms. The van der Waals surface area contributed by atoms with Crippen LogP contribution in [0.3, 0.4) is 0 Å². The number of carboxylic acids is 1. The lowest BCUT2D eigenvalue weighted by atomic mass is 10.2. The normalized spacial score (nSPS) is 25.1. The SMILES string of the molecule is CC1COCCN(C/C=C/C(=O)O)C1. The molecule has 1 unspecified atom stereocenters. The number of rotatable bonds is 3. The number of hydrogen-bond donors (Lipinski definition) is 1. The minimum Gasteiger partial charge on any atom is -0.478 e. The Balaban J connectivity index is 2.31. The van der Waals surface area contributed by atoms with Crippen molar-refractivity contribution >= 4 is 5.97 Å². The van der Waals surface area contributed by atoms with Crippen LogP contribution in [0, 0.1) is 5.92 Å². The molecule has 0 aromatic rings. The van der Waals surface area contributed by atoms with Crippen molar-refractivity contribution in [3.05, 3.63) is 12.2 Å². The number of ether oxygens (including phenoxy) is 1. The van der Waals surface area contributed by atoms with Gasteiger partial charge in [0, 0.05) is 25.7 Å². The first kappa shape index (κ1) is 11.2. The lowest BCUT2D eigenvalue weighted by molar-refractivity contribution is -0.131. The fourth-order valence-corrected chi connectivity index (χ4v) is 1.53. The van der Waals surface area contributed by atoms with Crippen LogP contribution in [-0.2, 0) is 9.53 Å². The van der Waals surface area contributed by atoms with Crippen LogP contribution >= 0.6 is 0 Å². The minimum atomic E-state index is -0.885. The Labute approximate surface area is 84.2 Å². The number of carbonyl (C=O) groups is 1. The van der Waals surface area contributed by atoms with E-state index >= 15 is 0 Å². The van der Waals surface area contributed by atoms with E-state index < -0.39 is 5.97 Å². The lowest BCUT2D eigenvalue weighted by Crippen LogP contribution is -2.29. The molecule has 1 fully saturated rings. The topological polar surface area (TPSA) is 49.8 Å². The van der Waals surface area contributed by atoms with Crippen LogP contribution < -0.4 is 0 Å². The van der Waals surface area contributed by atoms with Gasteiger partial charge in [0.1, 0.15) is 0 Å². The maximum absolute atomic E-state index is 10.2. The van der Waals surface area contributed by atoms with Crippen molar-refractivity contribution in [2.24, 2.45) is 5.92 Å². The Morgan fingerprint density at radius 1 is 1.71 bits per heavy atom. The second kappa shape index (κ2) is 5.78. The molecule has 0 aliphatic carbocycles. The number of aliphatic carboxylic acids is 1. The van der Waals surface area contributed by atoms with Crippen LogP contribution in [0.2, 0.25) is 0 Å². The van der Waals surface area contributed by atoms with Crippen LogP contribution in [0.15, 0.2) is 12.2 Å². The third-order valence-corrected chi connectivity index (χ3v) is 2.15. The minimum absolute atomic E-state index is 0.524. The highest BCUT2D eigenvalue weighted by Crippen LogP contribution is 2.05. The molecule has 1 atom stereocenters. The van der Waals surface area contributed by atoms with E-state index in [0.29, 0.717) is 12.5 Å². The maximum atomic E-state index is 10.2. The molecule has 1 rings (SSSR count). The molecule has 0 aromatic carbocycles. The van der Waals surface area contributed by atoms with E-state index in [1.807, 2.05) is 0 Å². The highest BCUT2D eigenvalue weighted by molar-refractivity contribution is 5.79. The first-order valence-corrected chi connectivity index (χ1v) is 4.88. The largest absolute Gasteiger partial charge is 0.478 e. The van der Waals surface area contributed by atoms with Crippen molar-refractivity contribution in [1.29, 1.82) is 0 Å². The third kappa shape index (κ3) is 4.39. The summed E-state index contributed by atoms with van der Waals surface area (Å²) in [5.74, 6) is -0.361. The first-order valence-electron chi connectivity index (χ1n) is 4.88. The van der Waals surface area contributed by atoms with Crippen LogP contribution in [0.5, 0.6) is 0 Å². The van der Waals surface area contributed by atoms with Crippen LogP contribution in [0.25, 0.3) is 0 Å². The van der Waals surface area contributed by atoms with Crippen molar-refractivity contribution in [1.82, 2.24) is 4.90 Å². The standard InChI is InChI=1S/C10H17NO3/c1-9-7-11(5-6-14-8-9)4-2-3-10(12)13/h2-3,9H,4-8H2,1H3,(H,12,13)/b3-2+. The molecule has 0 spiro atoms.